The van der Waals surface area contributed by atoms with Gasteiger partial charge in [-0.05, 0) is 218 Å². The van der Waals surface area contributed by atoms with Crippen molar-refractivity contribution in [3.63, 3.8) is 0 Å². The Labute approximate surface area is 557 Å². The zero-order valence-corrected chi connectivity index (χ0v) is 58.9. The summed E-state index contributed by atoms with van der Waals surface area (Å²) in [6.45, 7) is 45.5. The topological polar surface area (TPSA) is 9.72 Å². The molecule has 0 N–H and O–H groups in total. The number of rotatable bonds is 7. The minimum absolute atomic E-state index is 0.0192. The van der Waals surface area contributed by atoms with E-state index in [2.05, 4.69) is 346 Å². The fourth-order valence-corrected chi connectivity index (χ4v) is 18.1. The van der Waals surface area contributed by atoms with E-state index in [1.54, 1.807) is 0 Å². The summed E-state index contributed by atoms with van der Waals surface area (Å²) in [5, 5.41) is 0. The van der Waals surface area contributed by atoms with Crippen molar-refractivity contribution in [2.24, 2.45) is 0 Å². The Kier molecular flexibility index (Phi) is 13.3. The van der Waals surface area contributed by atoms with Crippen molar-refractivity contribution in [3.05, 3.63) is 250 Å². The first-order valence-corrected chi connectivity index (χ1v) is 34.4. The highest BCUT2D eigenvalue weighted by Gasteiger charge is 2.50. The molecular weight excluding hydrogens is 1120 g/mol. The molecule has 468 valence electrons. The van der Waals surface area contributed by atoms with E-state index in [4.69, 9.17) is 0 Å². The maximum absolute atomic E-state index is 2.73. The second kappa shape index (κ2) is 20.3. The molecule has 3 aliphatic carbocycles. The van der Waals surface area contributed by atoms with Gasteiger partial charge in [0.2, 0.25) is 0 Å². The predicted molar refractivity (Wildman–Crippen MR) is 401 cm³/mol. The van der Waals surface area contributed by atoms with E-state index in [9.17, 15) is 0 Å². The molecule has 10 aromatic carbocycles. The lowest BCUT2D eigenvalue weighted by Gasteiger charge is -2.46. The van der Waals surface area contributed by atoms with Crippen LogP contribution < -0.4 is 31.1 Å². The maximum atomic E-state index is 2.73. The van der Waals surface area contributed by atoms with Crippen molar-refractivity contribution >= 4 is 74.3 Å². The summed E-state index contributed by atoms with van der Waals surface area (Å²) < 4.78 is 0. The van der Waals surface area contributed by atoms with E-state index in [1.165, 1.54) is 128 Å². The summed E-state index contributed by atoms with van der Waals surface area (Å²) in [5.41, 5.74) is 34.4. The Hall–Kier alpha value is -8.34. The first-order valence-electron chi connectivity index (χ1n) is 34.4. The van der Waals surface area contributed by atoms with Gasteiger partial charge < -0.3 is 14.7 Å². The van der Waals surface area contributed by atoms with Crippen LogP contribution in [0.3, 0.4) is 0 Å². The molecule has 0 aromatic heterocycles. The highest BCUT2D eigenvalue weighted by molar-refractivity contribution is 7.00. The number of hydrogen-bond donors (Lipinski definition) is 0. The molecule has 0 radical (unpaired) electrons. The fourth-order valence-electron chi connectivity index (χ4n) is 18.1. The second-order valence-corrected chi connectivity index (χ2v) is 34.5. The Bertz CT molecular complexity index is 4650. The van der Waals surface area contributed by atoms with Crippen LogP contribution in [0, 0.1) is 0 Å². The van der Waals surface area contributed by atoms with Gasteiger partial charge in [0, 0.05) is 50.8 Å². The lowest BCUT2D eigenvalue weighted by atomic mass is 9.33. The molecule has 2 heterocycles. The van der Waals surface area contributed by atoms with Gasteiger partial charge in [-0.3, -0.25) is 0 Å². The van der Waals surface area contributed by atoms with Gasteiger partial charge in [-0.15, -0.1) is 0 Å². The third-order valence-corrected chi connectivity index (χ3v) is 22.5. The quantitative estimate of drug-likeness (QED) is 0.147. The molecule has 0 bridgehead atoms. The fraction of sp³-hybridized carbons (Fsp3) is 0.326. The van der Waals surface area contributed by atoms with Crippen molar-refractivity contribution in [2.75, 3.05) is 14.7 Å². The summed E-state index contributed by atoms with van der Waals surface area (Å²) >= 11 is 0. The highest BCUT2D eigenvalue weighted by atomic mass is 15.2. The lowest BCUT2D eigenvalue weighted by molar-refractivity contribution is 0.403. The van der Waals surface area contributed by atoms with Crippen molar-refractivity contribution < 1.29 is 0 Å². The largest absolute Gasteiger partial charge is 0.311 e. The number of hydrogen-bond acceptors (Lipinski definition) is 3. The first-order chi connectivity index (χ1) is 43.7. The molecule has 0 atom stereocenters. The van der Waals surface area contributed by atoms with Gasteiger partial charge >= 0.3 is 0 Å². The van der Waals surface area contributed by atoms with Gasteiger partial charge in [-0.2, -0.15) is 0 Å². The van der Waals surface area contributed by atoms with Gasteiger partial charge in [0.1, 0.15) is 0 Å². The van der Waals surface area contributed by atoms with Crippen LogP contribution >= 0.6 is 0 Å². The molecule has 3 nitrogen and oxygen atoms in total. The molecule has 10 aromatic rings. The molecular formula is C89H94BN3. The van der Waals surface area contributed by atoms with E-state index < -0.39 is 0 Å². The van der Waals surface area contributed by atoms with Crippen molar-refractivity contribution in [2.45, 2.75) is 188 Å². The predicted octanol–water partition coefficient (Wildman–Crippen LogP) is 22.7. The molecule has 0 fully saturated rings. The van der Waals surface area contributed by atoms with Crippen LogP contribution in [-0.2, 0) is 43.3 Å². The molecule has 0 saturated heterocycles. The number of fused-ring (bicyclic) bond motifs is 9. The van der Waals surface area contributed by atoms with E-state index in [-0.39, 0.29) is 50.0 Å². The van der Waals surface area contributed by atoms with Crippen molar-refractivity contribution in [3.8, 4) is 33.4 Å². The van der Waals surface area contributed by atoms with E-state index in [0.29, 0.717) is 0 Å². The molecule has 0 unspecified atom stereocenters. The summed E-state index contributed by atoms with van der Waals surface area (Å²) in [6.07, 6.45) is 2.16. The molecule has 0 amide bonds. The van der Waals surface area contributed by atoms with Crippen LogP contribution in [0.25, 0.3) is 33.4 Å². The average Bonchev–Trinajstić information content (AvgIpc) is 1.46. The van der Waals surface area contributed by atoms with Gasteiger partial charge in [-0.25, -0.2) is 0 Å². The van der Waals surface area contributed by atoms with Crippen molar-refractivity contribution in [1.82, 2.24) is 0 Å². The van der Waals surface area contributed by atoms with Crippen molar-refractivity contribution in [1.29, 1.82) is 0 Å². The summed E-state index contributed by atoms with van der Waals surface area (Å²) in [6, 6.07) is 79.4. The highest BCUT2D eigenvalue weighted by Crippen LogP contribution is 2.58. The Morgan fingerprint density at radius 2 is 0.839 bits per heavy atom. The third kappa shape index (κ3) is 9.55. The Morgan fingerprint density at radius 3 is 1.45 bits per heavy atom. The minimum Gasteiger partial charge on any atom is -0.311 e. The molecule has 93 heavy (non-hydrogen) atoms. The molecule has 2 aliphatic heterocycles. The van der Waals surface area contributed by atoms with Crippen LogP contribution in [0.2, 0.25) is 0 Å². The zero-order chi connectivity index (χ0) is 65.6. The average molecular weight is 1220 g/mol. The zero-order valence-electron chi connectivity index (χ0n) is 58.9. The Morgan fingerprint density at radius 1 is 0.333 bits per heavy atom. The SMILES string of the molecule is CC(C)(C)c1ccc(N(c2ccc(C(C)(C)C)cc2)c2cc3c4c(c2)N(c2ccc(C(C)(C)C)cc2-c2ccccc2)c2ccc(-c5cccc6c5-c5ccccc5C6(C)C)cc2B4c2cc4c(cc2N3c2ccc3c(c2)C(C)(C)CC3(C)C)C(C)(C)CC4(C)C)cc1. The van der Waals surface area contributed by atoms with Crippen LogP contribution in [0.4, 0.5) is 51.2 Å². The monoisotopic (exact) mass is 1220 g/mol. The van der Waals surface area contributed by atoms with E-state index in [0.717, 1.165) is 35.6 Å². The third-order valence-electron chi connectivity index (χ3n) is 22.5. The van der Waals surface area contributed by atoms with Crippen LogP contribution in [-0.4, -0.2) is 6.71 Å². The summed E-state index contributed by atoms with van der Waals surface area (Å²) in [4.78, 5) is 7.98. The number of anilines is 9. The van der Waals surface area contributed by atoms with E-state index >= 15 is 0 Å². The molecule has 0 saturated carbocycles. The van der Waals surface area contributed by atoms with Crippen LogP contribution in [0.1, 0.15) is 194 Å². The maximum Gasteiger partial charge on any atom is 0.252 e. The molecule has 15 rings (SSSR count). The van der Waals surface area contributed by atoms with E-state index in [1.807, 2.05) is 0 Å². The van der Waals surface area contributed by atoms with Gasteiger partial charge in [0.05, 0.1) is 11.4 Å². The van der Waals surface area contributed by atoms with Gasteiger partial charge in [0.25, 0.3) is 6.71 Å². The van der Waals surface area contributed by atoms with Gasteiger partial charge in [-0.1, -0.05) is 259 Å². The van der Waals surface area contributed by atoms with Gasteiger partial charge in [0.15, 0.2) is 0 Å². The Balaban J connectivity index is 1.11. The molecule has 5 aliphatic rings. The van der Waals surface area contributed by atoms with Crippen LogP contribution in [0.5, 0.6) is 0 Å². The standard InChI is InChI=1S/C89H94BN3/c1-82(2,3)57-33-38-60(39-34-57)91(61-40-35-58(36-41-61)83(4,5)6)63-49-78-81-79(50-63)93(75-45-37-59(84(7,8)9)47-66(75)55-26-21-20-22-27-55)76-44-32-56(64-29-25-31-69-80(64)65-28-23-24-30-67(65)89(69,18)19)46-73(76)90(81)74-51-71-72(88(16,17)54-87(71,14)15)52-77(74)92(78)62-42-43-68-70(48-62)86(12,13)53-85(68,10)11/h20-52H,53-54H2,1-19H3. The number of nitrogens with zero attached hydrogens (tertiary/aromatic N) is 3. The molecule has 4 heteroatoms. The minimum atomic E-state index is -0.142. The number of benzene rings is 10. The second-order valence-electron chi connectivity index (χ2n) is 34.5. The first kappa shape index (κ1) is 60.9. The lowest BCUT2D eigenvalue weighted by Crippen LogP contribution is -2.61. The smallest absolute Gasteiger partial charge is 0.252 e. The normalized spacial score (nSPS) is 17.3. The van der Waals surface area contributed by atoms with Crippen LogP contribution in [0.15, 0.2) is 200 Å². The summed E-state index contributed by atoms with van der Waals surface area (Å²) in [7, 11) is 0. The molecule has 0 spiro atoms. The summed E-state index contributed by atoms with van der Waals surface area (Å²) in [5.74, 6) is 0.